The maximum Gasteiger partial charge on any atom is 0.272 e. The number of aliphatic imine (C=N–C) groups is 1. The van der Waals surface area contributed by atoms with Crippen molar-refractivity contribution >= 4 is 38.2 Å². The predicted octanol–water partition coefficient (Wildman–Crippen LogP) is -1.71. The SMILES string of the molecule is BBc1cc(C(C(=O)N2C[C@H](O)CC2C2=NC(=O)C(C)(C)N2)C(C)C)on1. The fourth-order valence-electron chi connectivity index (χ4n) is 3.68. The van der Waals surface area contributed by atoms with Crippen LogP contribution in [0.3, 0.4) is 0 Å². The number of aromatic nitrogens is 1. The summed E-state index contributed by atoms with van der Waals surface area (Å²) in [5.41, 5.74) is 0.00588. The summed E-state index contributed by atoms with van der Waals surface area (Å²) in [6.45, 7) is 7.62. The summed E-state index contributed by atoms with van der Waals surface area (Å²) in [7, 11) is 2.70. The highest BCUT2D eigenvalue weighted by atomic mass is 16.5. The molecule has 27 heavy (non-hydrogen) atoms. The maximum absolute atomic E-state index is 13.4. The van der Waals surface area contributed by atoms with Gasteiger partial charge in [0.1, 0.15) is 30.2 Å². The monoisotopic (exact) mass is 372 g/mol. The third kappa shape index (κ3) is 3.67. The van der Waals surface area contributed by atoms with Gasteiger partial charge in [0, 0.05) is 18.6 Å². The van der Waals surface area contributed by atoms with Crippen LogP contribution in [0.2, 0.25) is 0 Å². The first-order valence-corrected chi connectivity index (χ1v) is 9.49. The molecule has 1 fully saturated rings. The molecule has 0 bridgehead atoms. The average molecular weight is 372 g/mol. The highest BCUT2D eigenvalue weighted by Crippen LogP contribution is 2.31. The lowest BCUT2D eigenvalue weighted by Gasteiger charge is -2.30. The molecule has 1 saturated heterocycles. The molecular formula is C17H26B2N4O4. The van der Waals surface area contributed by atoms with Crippen molar-refractivity contribution in [1.29, 1.82) is 0 Å². The van der Waals surface area contributed by atoms with E-state index in [4.69, 9.17) is 4.52 Å². The van der Waals surface area contributed by atoms with E-state index in [1.54, 1.807) is 18.7 Å². The van der Waals surface area contributed by atoms with Gasteiger partial charge in [-0.2, -0.15) is 4.99 Å². The number of nitrogens with one attached hydrogen (secondary N) is 1. The second-order valence-electron chi connectivity index (χ2n) is 8.24. The lowest BCUT2D eigenvalue weighted by molar-refractivity contribution is -0.134. The van der Waals surface area contributed by atoms with Gasteiger partial charge in [-0.15, -0.1) is 0 Å². The van der Waals surface area contributed by atoms with Crippen LogP contribution in [0.15, 0.2) is 15.6 Å². The van der Waals surface area contributed by atoms with Crippen LogP contribution >= 0.6 is 0 Å². The quantitative estimate of drug-likeness (QED) is 0.597. The van der Waals surface area contributed by atoms with Gasteiger partial charge in [0.15, 0.2) is 0 Å². The Morgan fingerprint density at radius 3 is 2.74 bits per heavy atom. The minimum Gasteiger partial charge on any atom is -0.391 e. The van der Waals surface area contributed by atoms with Gasteiger partial charge >= 0.3 is 0 Å². The van der Waals surface area contributed by atoms with Crippen LogP contribution in [-0.4, -0.2) is 71.9 Å². The van der Waals surface area contributed by atoms with E-state index in [0.29, 0.717) is 18.0 Å². The van der Waals surface area contributed by atoms with Gasteiger partial charge in [0.05, 0.1) is 19.9 Å². The summed E-state index contributed by atoms with van der Waals surface area (Å²) >= 11 is 0. The van der Waals surface area contributed by atoms with Crippen LogP contribution in [0, 0.1) is 5.92 Å². The number of hydrogen-bond donors (Lipinski definition) is 2. The Morgan fingerprint density at radius 2 is 2.22 bits per heavy atom. The molecule has 1 aromatic heterocycles. The first-order chi connectivity index (χ1) is 12.6. The Kier molecular flexibility index (Phi) is 5.20. The average Bonchev–Trinajstić information content (AvgIpc) is 3.26. The van der Waals surface area contributed by atoms with E-state index in [0.717, 1.165) is 12.8 Å². The molecule has 0 spiro atoms. The number of carbonyl (C=O) groups excluding carboxylic acids is 2. The molecule has 3 rings (SSSR count). The normalized spacial score (nSPS) is 25.5. The Morgan fingerprint density at radius 1 is 1.52 bits per heavy atom. The topological polar surface area (TPSA) is 108 Å². The number of likely N-dealkylation sites (tertiary alicyclic amines) is 1. The van der Waals surface area contributed by atoms with Crippen molar-refractivity contribution in [3.05, 3.63) is 11.8 Å². The van der Waals surface area contributed by atoms with Gasteiger partial charge in [-0.25, -0.2) is 0 Å². The number of amides is 2. The number of hydrogen-bond acceptors (Lipinski definition) is 6. The fraction of sp³-hybridized carbons (Fsp3) is 0.647. The molecule has 1 aromatic rings. The molecule has 2 N–H and O–H groups in total. The summed E-state index contributed by atoms with van der Waals surface area (Å²) in [4.78, 5) is 31.2. The van der Waals surface area contributed by atoms with Crippen LogP contribution < -0.4 is 10.9 Å². The van der Waals surface area contributed by atoms with Crippen molar-refractivity contribution in [2.45, 2.75) is 57.7 Å². The van der Waals surface area contributed by atoms with Crippen molar-refractivity contribution < 1.29 is 19.2 Å². The first kappa shape index (κ1) is 19.7. The van der Waals surface area contributed by atoms with Gasteiger partial charge in [-0.05, 0) is 25.8 Å². The molecule has 2 unspecified atom stereocenters. The van der Waals surface area contributed by atoms with Gasteiger partial charge in [0.2, 0.25) is 5.91 Å². The number of rotatable bonds is 5. The van der Waals surface area contributed by atoms with Crippen molar-refractivity contribution in [2.75, 3.05) is 6.54 Å². The summed E-state index contributed by atoms with van der Waals surface area (Å²) in [6, 6.07) is 1.37. The van der Waals surface area contributed by atoms with Gasteiger partial charge in [0.25, 0.3) is 5.91 Å². The highest BCUT2D eigenvalue weighted by Gasteiger charge is 2.46. The predicted molar refractivity (Wildman–Crippen MR) is 105 cm³/mol. The molecule has 2 amide bonds. The van der Waals surface area contributed by atoms with Crippen LogP contribution in [0.4, 0.5) is 0 Å². The first-order valence-electron chi connectivity index (χ1n) is 9.49. The number of aliphatic hydroxyl groups is 1. The summed E-state index contributed by atoms with van der Waals surface area (Å²) < 4.78 is 5.44. The smallest absolute Gasteiger partial charge is 0.272 e. The zero-order chi connectivity index (χ0) is 19.9. The molecule has 10 heteroatoms. The largest absolute Gasteiger partial charge is 0.391 e. The third-order valence-electron chi connectivity index (χ3n) is 5.25. The minimum atomic E-state index is -0.796. The van der Waals surface area contributed by atoms with Crippen molar-refractivity contribution in [3.63, 3.8) is 0 Å². The van der Waals surface area contributed by atoms with Crippen molar-refractivity contribution in [2.24, 2.45) is 10.9 Å². The van der Waals surface area contributed by atoms with Crippen LogP contribution in [0.25, 0.3) is 0 Å². The number of aliphatic hydroxyl groups excluding tert-OH is 1. The van der Waals surface area contributed by atoms with Crippen LogP contribution in [0.1, 0.15) is 45.8 Å². The van der Waals surface area contributed by atoms with E-state index in [1.165, 1.54) is 0 Å². The zero-order valence-electron chi connectivity index (χ0n) is 16.5. The molecule has 8 nitrogen and oxygen atoms in total. The molecule has 0 aromatic carbocycles. The summed E-state index contributed by atoms with van der Waals surface area (Å²) in [6.07, 6.45) is -0.307. The number of nitrogens with zero attached hydrogens (tertiary/aromatic N) is 3. The standard InChI is InChI=1S/C17H26B2N4O4/c1-8(2)13(11-6-12(19-18)22-27-11)15(25)23-7-9(24)5-10(23)14-20-16(26)17(3,4)21-14/h6,8-10,13,19,24H,5,7,18H2,1-4H3,(H,20,21,26)/t9-,10?,13?/m1/s1. The molecule has 3 atom stereocenters. The second kappa shape index (κ2) is 7.14. The lowest BCUT2D eigenvalue weighted by Crippen LogP contribution is -2.51. The molecular weight excluding hydrogens is 346 g/mol. The highest BCUT2D eigenvalue weighted by molar-refractivity contribution is 6.97. The van der Waals surface area contributed by atoms with Crippen molar-refractivity contribution in [3.8, 4) is 0 Å². The summed E-state index contributed by atoms with van der Waals surface area (Å²) in [5.74, 6) is 0.0527. The van der Waals surface area contributed by atoms with Crippen LogP contribution in [0.5, 0.6) is 0 Å². The molecule has 2 aliphatic rings. The minimum absolute atomic E-state index is 0.00917. The Labute approximate surface area is 160 Å². The Balaban J connectivity index is 1.88. The van der Waals surface area contributed by atoms with E-state index in [2.05, 4.69) is 15.5 Å². The molecule has 0 radical (unpaired) electrons. The van der Waals surface area contributed by atoms with E-state index >= 15 is 0 Å². The van der Waals surface area contributed by atoms with E-state index in [9.17, 15) is 14.7 Å². The molecule has 0 saturated carbocycles. The van der Waals surface area contributed by atoms with Gasteiger partial charge in [-0.3, -0.25) is 9.59 Å². The van der Waals surface area contributed by atoms with E-state index in [1.807, 2.05) is 27.7 Å². The number of amidine groups is 1. The van der Waals surface area contributed by atoms with E-state index < -0.39 is 23.6 Å². The Bertz CT molecular complexity index is 777. The van der Waals surface area contributed by atoms with Crippen molar-refractivity contribution in [1.82, 2.24) is 15.4 Å². The number of carbonyl (C=O) groups is 2. The molecule has 2 aliphatic heterocycles. The Hall–Kier alpha value is -2.09. The summed E-state index contributed by atoms with van der Waals surface area (Å²) in [5, 5.41) is 17.3. The van der Waals surface area contributed by atoms with Gasteiger partial charge < -0.3 is 19.8 Å². The molecule has 3 heterocycles. The lowest BCUT2D eigenvalue weighted by atomic mass is 9.53. The molecule has 0 aliphatic carbocycles. The maximum atomic E-state index is 13.4. The molecule has 144 valence electrons. The fourth-order valence-corrected chi connectivity index (χ4v) is 3.68. The second-order valence-corrected chi connectivity index (χ2v) is 8.24. The third-order valence-corrected chi connectivity index (χ3v) is 5.25. The van der Waals surface area contributed by atoms with Crippen LogP contribution in [-0.2, 0) is 9.59 Å². The van der Waals surface area contributed by atoms with E-state index in [-0.39, 0.29) is 24.3 Å². The zero-order valence-corrected chi connectivity index (χ0v) is 16.5. The number of β-amino-alcohol motifs (C(OH)–C–C–N with tert-alkyl or cyclic N) is 1. The van der Waals surface area contributed by atoms with Gasteiger partial charge in [-0.1, -0.05) is 19.0 Å².